The maximum absolute atomic E-state index is 6.26. The van der Waals surface area contributed by atoms with Gasteiger partial charge in [0.15, 0.2) is 0 Å². The Labute approximate surface area is 99.3 Å². The van der Waals surface area contributed by atoms with Crippen LogP contribution in [0.1, 0.15) is 40.0 Å². The van der Waals surface area contributed by atoms with Gasteiger partial charge in [-0.2, -0.15) is 0 Å². The van der Waals surface area contributed by atoms with Gasteiger partial charge in [-0.1, -0.05) is 13.3 Å². The number of nitrogens with zero attached hydrogens (tertiary/aromatic N) is 1. The van der Waals surface area contributed by atoms with Gasteiger partial charge in [0.1, 0.15) is 0 Å². The molecule has 3 heteroatoms. The number of nitrogens with two attached hydrogens (primary N) is 1. The van der Waals surface area contributed by atoms with E-state index in [2.05, 4.69) is 25.7 Å². The summed E-state index contributed by atoms with van der Waals surface area (Å²) in [4.78, 5) is 2.57. The van der Waals surface area contributed by atoms with E-state index in [-0.39, 0.29) is 5.54 Å². The van der Waals surface area contributed by atoms with Crippen molar-refractivity contribution < 1.29 is 4.74 Å². The molecular weight excluding hydrogens is 200 g/mol. The molecule has 2 rings (SSSR count). The van der Waals surface area contributed by atoms with Crippen LogP contribution in [0.15, 0.2) is 0 Å². The molecule has 2 aliphatic rings. The van der Waals surface area contributed by atoms with Crippen molar-refractivity contribution in [3.05, 3.63) is 0 Å². The first-order valence-corrected chi connectivity index (χ1v) is 6.52. The maximum atomic E-state index is 6.26. The van der Waals surface area contributed by atoms with E-state index in [1.54, 1.807) is 0 Å². The Bertz CT molecular complexity index is 254. The molecule has 1 saturated carbocycles. The quantitative estimate of drug-likeness (QED) is 0.777. The van der Waals surface area contributed by atoms with E-state index in [0.29, 0.717) is 11.5 Å². The Morgan fingerprint density at radius 3 is 2.69 bits per heavy atom. The summed E-state index contributed by atoms with van der Waals surface area (Å²) in [5, 5.41) is 0. The molecule has 2 unspecified atom stereocenters. The molecule has 0 spiro atoms. The third-order valence-electron chi connectivity index (χ3n) is 4.53. The predicted octanol–water partition coefficient (Wildman–Crippen LogP) is 1.61. The zero-order valence-corrected chi connectivity index (χ0v) is 11.0. The highest BCUT2D eigenvalue weighted by molar-refractivity contribution is 4.96. The van der Waals surface area contributed by atoms with Crippen molar-refractivity contribution >= 4 is 0 Å². The van der Waals surface area contributed by atoms with E-state index >= 15 is 0 Å². The molecule has 0 aromatic heterocycles. The van der Waals surface area contributed by atoms with Crippen molar-refractivity contribution in [1.29, 1.82) is 0 Å². The Morgan fingerprint density at radius 1 is 1.38 bits per heavy atom. The number of hydrogen-bond acceptors (Lipinski definition) is 3. The van der Waals surface area contributed by atoms with Gasteiger partial charge in [0.25, 0.3) is 0 Å². The number of morpholine rings is 1. The standard InChI is InChI=1S/C13H26N2O/c1-12(2)10-16-8-7-15(12)9-13(3)6-4-5-11(13)14/h11H,4-10,14H2,1-3H3. The molecule has 0 amide bonds. The molecule has 0 radical (unpaired) electrons. The van der Waals surface area contributed by atoms with E-state index < -0.39 is 0 Å². The van der Waals surface area contributed by atoms with Crippen LogP contribution in [0.5, 0.6) is 0 Å². The van der Waals surface area contributed by atoms with Gasteiger partial charge in [-0.15, -0.1) is 0 Å². The summed E-state index contributed by atoms with van der Waals surface area (Å²) in [6.45, 7) is 10.8. The lowest BCUT2D eigenvalue weighted by Gasteiger charge is -2.46. The summed E-state index contributed by atoms with van der Waals surface area (Å²) in [7, 11) is 0. The lowest BCUT2D eigenvalue weighted by molar-refractivity contribution is -0.0672. The van der Waals surface area contributed by atoms with E-state index in [4.69, 9.17) is 10.5 Å². The van der Waals surface area contributed by atoms with Crippen molar-refractivity contribution in [1.82, 2.24) is 4.90 Å². The highest BCUT2D eigenvalue weighted by Gasteiger charge is 2.41. The molecule has 2 atom stereocenters. The van der Waals surface area contributed by atoms with Gasteiger partial charge in [-0.3, -0.25) is 4.90 Å². The van der Waals surface area contributed by atoms with Crippen molar-refractivity contribution in [2.45, 2.75) is 51.6 Å². The first-order valence-electron chi connectivity index (χ1n) is 6.52. The Morgan fingerprint density at radius 2 is 2.12 bits per heavy atom. The zero-order chi connectivity index (χ0) is 11.8. The van der Waals surface area contributed by atoms with Crippen LogP contribution in [0.2, 0.25) is 0 Å². The fourth-order valence-corrected chi connectivity index (χ4v) is 3.08. The molecular formula is C13H26N2O. The van der Waals surface area contributed by atoms with Crippen LogP contribution in [0.25, 0.3) is 0 Å². The van der Waals surface area contributed by atoms with Crippen molar-refractivity contribution in [2.24, 2.45) is 11.1 Å². The summed E-state index contributed by atoms with van der Waals surface area (Å²) in [5.41, 5.74) is 6.75. The molecule has 94 valence electrons. The van der Waals surface area contributed by atoms with Crippen molar-refractivity contribution in [3.63, 3.8) is 0 Å². The van der Waals surface area contributed by atoms with Crippen LogP contribution in [-0.4, -0.2) is 42.8 Å². The minimum absolute atomic E-state index is 0.170. The summed E-state index contributed by atoms with van der Waals surface area (Å²) >= 11 is 0. The minimum Gasteiger partial charge on any atom is -0.378 e. The second-order valence-corrected chi connectivity index (χ2v) is 6.44. The van der Waals surface area contributed by atoms with Crippen LogP contribution in [-0.2, 0) is 4.74 Å². The van der Waals surface area contributed by atoms with E-state index in [9.17, 15) is 0 Å². The van der Waals surface area contributed by atoms with Gasteiger partial charge in [0.2, 0.25) is 0 Å². The van der Waals surface area contributed by atoms with Gasteiger partial charge in [-0.05, 0) is 32.1 Å². The summed E-state index contributed by atoms with van der Waals surface area (Å²) in [6, 6.07) is 0.381. The first kappa shape index (κ1) is 12.3. The van der Waals surface area contributed by atoms with E-state index in [1.165, 1.54) is 19.3 Å². The summed E-state index contributed by atoms with van der Waals surface area (Å²) in [5.74, 6) is 0. The van der Waals surface area contributed by atoms with Gasteiger partial charge in [-0.25, -0.2) is 0 Å². The van der Waals surface area contributed by atoms with Gasteiger partial charge < -0.3 is 10.5 Å². The van der Waals surface area contributed by atoms with Crippen molar-refractivity contribution in [3.8, 4) is 0 Å². The molecule has 2 N–H and O–H groups in total. The van der Waals surface area contributed by atoms with Crippen LogP contribution < -0.4 is 5.73 Å². The average Bonchev–Trinajstić information content (AvgIpc) is 2.51. The lowest BCUT2D eigenvalue weighted by atomic mass is 9.83. The van der Waals surface area contributed by atoms with E-state index in [1.807, 2.05) is 0 Å². The number of rotatable bonds is 2. The van der Waals surface area contributed by atoms with Crippen LogP contribution in [0, 0.1) is 5.41 Å². The third-order valence-corrected chi connectivity index (χ3v) is 4.53. The summed E-state index contributed by atoms with van der Waals surface area (Å²) < 4.78 is 5.57. The fraction of sp³-hybridized carbons (Fsp3) is 1.00. The molecule has 0 aromatic rings. The molecule has 16 heavy (non-hydrogen) atoms. The highest BCUT2D eigenvalue weighted by Crippen LogP contribution is 2.39. The number of hydrogen-bond donors (Lipinski definition) is 1. The summed E-state index contributed by atoms with van der Waals surface area (Å²) in [6.07, 6.45) is 3.77. The van der Waals surface area contributed by atoms with Gasteiger partial charge >= 0.3 is 0 Å². The monoisotopic (exact) mass is 226 g/mol. The van der Waals surface area contributed by atoms with Crippen LogP contribution in [0.4, 0.5) is 0 Å². The van der Waals surface area contributed by atoms with Gasteiger partial charge in [0, 0.05) is 24.7 Å². The number of ether oxygens (including phenoxy) is 1. The Kier molecular flexibility index (Phi) is 3.30. The fourth-order valence-electron chi connectivity index (χ4n) is 3.08. The second kappa shape index (κ2) is 4.28. The first-order chi connectivity index (χ1) is 7.44. The molecule has 0 aromatic carbocycles. The van der Waals surface area contributed by atoms with Crippen LogP contribution in [0.3, 0.4) is 0 Å². The molecule has 0 bridgehead atoms. The lowest BCUT2D eigenvalue weighted by Crippen LogP contribution is -2.57. The Balaban J connectivity index is 2.02. The second-order valence-electron chi connectivity index (χ2n) is 6.44. The molecule has 1 saturated heterocycles. The highest BCUT2D eigenvalue weighted by atomic mass is 16.5. The van der Waals surface area contributed by atoms with E-state index in [0.717, 1.165) is 26.3 Å². The largest absolute Gasteiger partial charge is 0.378 e. The zero-order valence-electron chi connectivity index (χ0n) is 11.0. The Hall–Kier alpha value is -0.120. The third kappa shape index (κ3) is 2.27. The SMILES string of the molecule is CC1(CN2CCOCC2(C)C)CCCC1N. The predicted molar refractivity (Wildman–Crippen MR) is 66.4 cm³/mol. The average molecular weight is 226 g/mol. The molecule has 2 fully saturated rings. The van der Waals surface area contributed by atoms with Crippen molar-refractivity contribution in [2.75, 3.05) is 26.3 Å². The topological polar surface area (TPSA) is 38.5 Å². The smallest absolute Gasteiger partial charge is 0.0645 e. The molecule has 1 aliphatic carbocycles. The molecule has 1 aliphatic heterocycles. The molecule has 3 nitrogen and oxygen atoms in total. The normalized spacial score (nSPS) is 40.1. The minimum atomic E-state index is 0.170. The van der Waals surface area contributed by atoms with Gasteiger partial charge in [0.05, 0.1) is 13.2 Å². The maximum Gasteiger partial charge on any atom is 0.0645 e. The molecule has 1 heterocycles. The van der Waals surface area contributed by atoms with Crippen LogP contribution >= 0.6 is 0 Å².